The van der Waals surface area contributed by atoms with Crippen molar-refractivity contribution in [1.29, 1.82) is 0 Å². The van der Waals surface area contributed by atoms with E-state index in [1.54, 1.807) is 0 Å². The third kappa shape index (κ3) is 4.49. The van der Waals surface area contributed by atoms with Crippen LogP contribution < -0.4 is 0 Å². The van der Waals surface area contributed by atoms with Crippen molar-refractivity contribution in [1.82, 2.24) is 9.55 Å². The van der Waals surface area contributed by atoms with Gasteiger partial charge >= 0.3 is 0 Å². The van der Waals surface area contributed by atoms with Gasteiger partial charge in [0.2, 0.25) is 0 Å². The molecule has 0 spiro atoms. The second kappa shape index (κ2) is 11.6. The highest BCUT2D eigenvalue weighted by Gasteiger charge is 2.17. The molecule has 0 saturated heterocycles. The number of hydrogen-bond donors (Lipinski definition) is 0. The molecule has 0 radical (unpaired) electrons. The molecule has 0 aliphatic carbocycles. The van der Waals surface area contributed by atoms with Crippen LogP contribution in [-0.4, -0.2) is 9.55 Å². The van der Waals surface area contributed by atoms with Crippen molar-refractivity contribution in [3.8, 4) is 27.9 Å². The average Bonchev–Trinajstić information content (AvgIpc) is 3.61. The molecule has 11 aromatic rings. The number of nitrogens with zero attached hydrogens (tertiary/aromatic N) is 2. The number of aryl methyl sites for hydroxylation is 1. The molecule has 10 aromatic carbocycles. The van der Waals surface area contributed by atoms with Crippen LogP contribution in [0.15, 0.2) is 176 Å². The van der Waals surface area contributed by atoms with Gasteiger partial charge in [0.1, 0.15) is 5.82 Å². The van der Waals surface area contributed by atoms with Crippen molar-refractivity contribution in [2.24, 2.45) is 0 Å². The molecule has 0 unspecified atom stereocenters. The van der Waals surface area contributed by atoms with Crippen molar-refractivity contribution < 1.29 is 0 Å². The van der Waals surface area contributed by atoms with Gasteiger partial charge in [0, 0.05) is 11.8 Å². The average molecular weight is 675 g/mol. The molecule has 248 valence electrons. The summed E-state index contributed by atoms with van der Waals surface area (Å²) in [5, 5.41) is 15.3. The molecule has 0 fully saturated rings. The van der Waals surface area contributed by atoms with Crippen LogP contribution in [0.4, 0.5) is 0 Å². The Morgan fingerprint density at radius 3 is 1.75 bits per heavy atom. The van der Waals surface area contributed by atoms with Gasteiger partial charge in [-0.3, -0.25) is 4.57 Å². The third-order valence-corrected chi connectivity index (χ3v) is 11.3. The maximum Gasteiger partial charge on any atom is 0.114 e. The highest BCUT2D eigenvalue weighted by Crippen LogP contribution is 2.42. The minimum atomic E-state index is 0.860. The van der Waals surface area contributed by atoms with Crippen molar-refractivity contribution in [3.05, 3.63) is 182 Å². The summed E-state index contributed by atoms with van der Waals surface area (Å²) < 4.78 is 2.34. The monoisotopic (exact) mass is 674 g/mol. The van der Waals surface area contributed by atoms with Gasteiger partial charge in [-0.15, -0.1) is 0 Å². The lowest BCUT2D eigenvalue weighted by Gasteiger charge is -2.16. The number of imidazole rings is 1. The van der Waals surface area contributed by atoms with Crippen molar-refractivity contribution >= 4 is 75.7 Å². The maximum absolute atomic E-state index is 4.98. The molecule has 2 heteroatoms. The van der Waals surface area contributed by atoms with E-state index in [1.165, 1.54) is 92.6 Å². The Morgan fingerprint density at radius 2 is 1.00 bits per heavy atom. The van der Waals surface area contributed by atoms with Gasteiger partial charge in [-0.25, -0.2) is 4.98 Å². The third-order valence-electron chi connectivity index (χ3n) is 11.3. The van der Waals surface area contributed by atoms with Gasteiger partial charge in [-0.2, -0.15) is 0 Å². The van der Waals surface area contributed by atoms with E-state index in [4.69, 9.17) is 4.98 Å². The first-order chi connectivity index (χ1) is 26.2. The molecule has 11 rings (SSSR count). The minimum absolute atomic E-state index is 0.860. The van der Waals surface area contributed by atoms with Gasteiger partial charge in [0.15, 0.2) is 0 Å². The number of rotatable bonds is 4. The van der Waals surface area contributed by atoms with E-state index in [-0.39, 0.29) is 0 Å². The normalized spacial score (nSPS) is 11.9. The van der Waals surface area contributed by atoms with Crippen LogP contribution in [0.3, 0.4) is 0 Å². The van der Waals surface area contributed by atoms with Gasteiger partial charge in [-0.1, -0.05) is 153 Å². The molecule has 1 aromatic heterocycles. The van der Waals surface area contributed by atoms with E-state index in [0.29, 0.717) is 0 Å². The Bertz CT molecular complexity index is 3260. The van der Waals surface area contributed by atoms with Crippen molar-refractivity contribution in [2.75, 3.05) is 0 Å². The number of benzene rings is 9. The number of fused-ring (bicyclic) bond motifs is 7. The molecular formula is C51H34N2. The molecule has 0 aliphatic rings. The van der Waals surface area contributed by atoms with E-state index >= 15 is 0 Å². The summed E-state index contributed by atoms with van der Waals surface area (Å²) in [5.74, 6) is 1.07. The maximum atomic E-state index is 4.98. The van der Waals surface area contributed by atoms with Crippen LogP contribution in [0.5, 0.6) is 0 Å². The smallest absolute Gasteiger partial charge is 0.114 e. The molecule has 53 heavy (non-hydrogen) atoms. The van der Waals surface area contributed by atoms with Crippen LogP contribution in [0.25, 0.3) is 104 Å². The first-order valence-electron chi connectivity index (χ1n) is 18.5. The number of hydrogen-bond acceptors (Lipinski definition) is 1. The zero-order chi connectivity index (χ0) is 35.0. The minimum Gasteiger partial charge on any atom is -0.296 e. The Labute approximate surface area is 307 Å². The van der Waals surface area contributed by atoms with E-state index in [9.17, 15) is 0 Å². The largest absolute Gasteiger partial charge is 0.296 e. The van der Waals surface area contributed by atoms with Crippen molar-refractivity contribution in [3.63, 3.8) is 0 Å². The summed E-state index contributed by atoms with van der Waals surface area (Å²) in [6.07, 6.45) is 0.860. The molecule has 0 bridgehead atoms. The summed E-state index contributed by atoms with van der Waals surface area (Å²) in [7, 11) is 0. The van der Waals surface area contributed by atoms with E-state index in [2.05, 4.69) is 187 Å². The molecule has 1 heterocycles. The predicted octanol–water partition coefficient (Wildman–Crippen LogP) is 13.8. The first kappa shape index (κ1) is 29.9. The van der Waals surface area contributed by atoms with Crippen LogP contribution in [0, 0.1) is 0 Å². The molecule has 0 amide bonds. The molecular weight excluding hydrogens is 641 g/mol. The van der Waals surface area contributed by atoms with Crippen LogP contribution >= 0.6 is 0 Å². The molecule has 2 nitrogen and oxygen atoms in total. The summed E-state index contributed by atoms with van der Waals surface area (Å²) in [6.45, 7) is 2.18. The van der Waals surface area contributed by atoms with Crippen molar-refractivity contribution in [2.45, 2.75) is 13.3 Å². The summed E-state index contributed by atoms with van der Waals surface area (Å²) in [5.41, 5.74) is 8.20. The Kier molecular flexibility index (Phi) is 6.56. The lowest BCUT2D eigenvalue weighted by Crippen LogP contribution is -2.01. The van der Waals surface area contributed by atoms with Crippen LogP contribution in [-0.2, 0) is 6.42 Å². The first-order valence-corrected chi connectivity index (χ1v) is 18.5. The van der Waals surface area contributed by atoms with Crippen LogP contribution in [0.1, 0.15) is 12.7 Å². The fraction of sp³-hybridized carbons (Fsp3) is 0.0392. The molecule has 0 saturated carbocycles. The Balaban J connectivity index is 1.10. The van der Waals surface area contributed by atoms with E-state index in [1.807, 2.05) is 0 Å². The molecule has 0 aliphatic heterocycles. The highest BCUT2D eigenvalue weighted by atomic mass is 15.1. The fourth-order valence-corrected chi connectivity index (χ4v) is 8.91. The topological polar surface area (TPSA) is 17.8 Å². The Morgan fingerprint density at radius 1 is 0.415 bits per heavy atom. The summed E-state index contributed by atoms with van der Waals surface area (Å²) in [4.78, 5) is 4.98. The summed E-state index contributed by atoms with van der Waals surface area (Å²) >= 11 is 0. The quantitative estimate of drug-likeness (QED) is 0.170. The summed E-state index contributed by atoms with van der Waals surface area (Å²) in [6, 6.07) is 64.9. The zero-order valence-corrected chi connectivity index (χ0v) is 29.3. The highest BCUT2D eigenvalue weighted by molar-refractivity contribution is 6.33. The SMILES string of the molecule is CCc1nc2ccccc2n1-c1ccc(-c2ccc(-c3cc4ccc5cccc6c7ccccc7c7ccccc7c(c3)c4c56)cc2)c2ccccc12. The lowest BCUT2D eigenvalue weighted by atomic mass is 9.88. The van der Waals surface area contributed by atoms with E-state index in [0.717, 1.165) is 23.3 Å². The molecule has 0 atom stereocenters. The van der Waals surface area contributed by atoms with Gasteiger partial charge in [0.05, 0.1) is 16.7 Å². The zero-order valence-electron chi connectivity index (χ0n) is 29.3. The van der Waals surface area contributed by atoms with Gasteiger partial charge in [0.25, 0.3) is 0 Å². The Hall–Kier alpha value is -6.77. The van der Waals surface area contributed by atoms with E-state index < -0.39 is 0 Å². The number of aromatic nitrogens is 2. The lowest BCUT2D eigenvalue weighted by molar-refractivity contribution is 0.913. The van der Waals surface area contributed by atoms with Crippen LogP contribution in [0.2, 0.25) is 0 Å². The predicted molar refractivity (Wildman–Crippen MR) is 226 cm³/mol. The van der Waals surface area contributed by atoms with Gasteiger partial charge in [-0.05, 0) is 112 Å². The number of para-hydroxylation sites is 2. The standard InChI is InChI=1S/C51H34N2/c1-2-49-52-46-20-9-10-21-48(46)53(49)47-29-28-37(38-13-7-8-18-43(38)47)33-24-22-32(23-25-33)36-30-35-27-26-34-12-11-19-44-41-16-5-3-14-39(41)40-15-4-6-17-42(40)45(31-36)51(35)50(34)44/h3-31H,2H2,1H3. The second-order valence-electron chi connectivity index (χ2n) is 14.1. The van der Waals surface area contributed by atoms with Gasteiger partial charge < -0.3 is 0 Å². The fourth-order valence-electron chi connectivity index (χ4n) is 8.91. The molecule has 0 N–H and O–H groups in total. The second-order valence-corrected chi connectivity index (χ2v) is 14.1.